The molecule has 2 rings (SSSR count). The Morgan fingerprint density at radius 1 is 1.39 bits per heavy atom. The van der Waals surface area contributed by atoms with Crippen LogP contribution in [0.25, 0.3) is 0 Å². The standard InChI is InChI=1S/C10H16ClNO5S/c1-18(13,14)17-12-9(11)8-7-15-10(16-8)5-3-2-4-6-10/h8H,2-7H2,1H3/b12-9+. The lowest BCUT2D eigenvalue weighted by molar-refractivity contribution is -0.181. The predicted octanol–water partition coefficient (Wildman–Crippen LogP) is 1.59. The van der Waals surface area contributed by atoms with Gasteiger partial charge in [0.2, 0.25) is 0 Å². The monoisotopic (exact) mass is 297 g/mol. The van der Waals surface area contributed by atoms with Crippen molar-refractivity contribution in [3.63, 3.8) is 0 Å². The first-order valence-electron chi connectivity index (χ1n) is 5.84. The number of rotatable bonds is 3. The third-order valence-electron chi connectivity index (χ3n) is 3.00. The molecule has 1 heterocycles. The van der Waals surface area contributed by atoms with Crippen LogP contribution in [0, 0.1) is 0 Å². The fraction of sp³-hybridized carbons (Fsp3) is 0.900. The molecule has 104 valence electrons. The van der Waals surface area contributed by atoms with Crippen molar-refractivity contribution in [3.8, 4) is 0 Å². The molecule has 0 N–H and O–H groups in total. The Hall–Kier alpha value is -0.370. The van der Waals surface area contributed by atoms with E-state index in [0.29, 0.717) is 0 Å². The molecule has 8 heteroatoms. The van der Waals surface area contributed by atoms with Crippen molar-refractivity contribution in [1.82, 2.24) is 0 Å². The number of hydrogen-bond donors (Lipinski definition) is 0. The second-order valence-electron chi connectivity index (χ2n) is 4.58. The maximum atomic E-state index is 10.8. The van der Waals surface area contributed by atoms with Crippen LogP contribution in [0.2, 0.25) is 0 Å². The van der Waals surface area contributed by atoms with E-state index in [0.717, 1.165) is 31.9 Å². The largest absolute Gasteiger partial charge is 0.347 e. The van der Waals surface area contributed by atoms with Crippen LogP contribution in [-0.2, 0) is 23.9 Å². The SMILES string of the molecule is CS(=O)(=O)O/N=C(/Cl)C1COC2(CCCCC2)O1. The van der Waals surface area contributed by atoms with Gasteiger partial charge in [-0.15, -0.1) is 0 Å². The Bertz CT molecular complexity index is 430. The Morgan fingerprint density at radius 2 is 2.06 bits per heavy atom. The number of oxime groups is 1. The Balaban J connectivity index is 1.95. The van der Waals surface area contributed by atoms with Crippen LogP contribution in [0.5, 0.6) is 0 Å². The van der Waals surface area contributed by atoms with Crippen molar-refractivity contribution in [1.29, 1.82) is 0 Å². The zero-order valence-corrected chi connectivity index (χ0v) is 11.7. The molecule has 2 aliphatic rings. The van der Waals surface area contributed by atoms with Gasteiger partial charge in [-0.05, 0) is 12.8 Å². The van der Waals surface area contributed by atoms with Crippen molar-refractivity contribution < 1.29 is 22.2 Å². The molecule has 18 heavy (non-hydrogen) atoms. The Morgan fingerprint density at radius 3 is 2.67 bits per heavy atom. The van der Waals surface area contributed by atoms with E-state index in [-0.39, 0.29) is 11.8 Å². The summed E-state index contributed by atoms with van der Waals surface area (Å²) in [7, 11) is -3.65. The molecule has 1 saturated carbocycles. The van der Waals surface area contributed by atoms with Crippen molar-refractivity contribution >= 4 is 26.9 Å². The average molecular weight is 298 g/mol. The molecule has 0 bridgehead atoms. The number of hydrogen-bond acceptors (Lipinski definition) is 6. The van der Waals surface area contributed by atoms with E-state index < -0.39 is 22.0 Å². The van der Waals surface area contributed by atoms with Crippen molar-refractivity contribution in [2.75, 3.05) is 12.9 Å². The predicted molar refractivity (Wildman–Crippen MR) is 65.9 cm³/mol. The molecule has 1 unspecified atom stereocenters. The van der Waals surface area contributed by atoms with Crippen LogP contribution < -0.4 is 0 Å². The van der Waals surface area contributed by atoms with Gasteiger partial charge >= 0.3 is 10.1 Å². The first-order chi connectivity index (χ1) is 8.40. The van der Waals surface area contributed by atoms with Crippen LogP contribution >= 0.6 is 11.6 Å². The normalized spacial score (nSPS) is 28.6. The van der Waals surface area contributed by atoms with Crippen LogP contribution in [0.3, 0.4) is 0 Å². The zero-order chi connectivity index (χ0) is 13.2. The molecule has 1 aliphatic carbocycles. The lowest BCUT2D eigenvalue weighted by Crippen LogP contribution is -2.34. The molecule has 0 aromatic rings. The minimum Gasteiger partial charge on any atom is -0.347 e. The van der Waals surface area contributed by atoms with Gasteiger partial charge in [0.05, 0.1) is 12.9 Å². The second kappa shape index (κ2) is 5.32. The maximum absolute atomic E-state index is 10.8. The summed E-state index contributed by atoms with van der Waals surface area (Å²) in [6.07, 6.45) is 5.31. The molecule has 1 spiro atoms. The molecule has 0 aromatic carbocycles. The molecule has 1 atom stereocenters. The van der Waals surface area contributed by atoms with Gasteiger partial charge in [-0.3, -0.25) is 4.28 Å². The van der Waals surface area contributed by atoms with E-state index >= 15 is 0 Å². The third-order valence-corrected chi connectivity index (χ3v) is 3.65. The van der Waals surface area contributed by atoms with Gasteiger partial charge in [-0.2, -0.15) is 8.42 Å². The highest BCUT2D eigenvalue weighted by atomic mass is 35.5. The highest BCUT2D eigenvalue weighted by Crippen LogP contribution is 2.38. The van der Waals surface area contributed by atoms with Gasteiger partial charge in [0.25, 0.3) is 0 Å². The first-order valence-corrected chi connectivity index (χ1v) is 8.03. The van der Waals surface area contributed by atoms with Crippen molar-refractivity contribution in [3.05, 3.63) is 0 Å². The molecule has 2 fully saturated rings. The molecule has 1 saturated heterocycles. The molecule has 6 nitrogen and oxygen atoms in total. The fourth-order valence-electron chi connectivity index (χ4n) is 2.19. The van der Waals surface area contributed by atoms with E-state index in [1.54, 1.807) is 0 Å². The number of nitrogens with zero attached hydrogens (tertiary/aromatic N) is 1. The van der Waals surface area contributed by atoms with Gasteiger partial charge in [-0.25, -0.2) is 0 Å². The first kappa shape index (κ1) is 14.0. The van der Waals surface area contributed by atoms with Crippen molar-refractivity contribution in [2.24, 2.45) is 5.16 Å². The quantitative estimate of drug-likeness (QED) is 0.584. The summed E-state index contributed by atoms with van der Waals surface area (Å²) in [4.78, 5) is 0. The van der Waals surface area contributed by atoms with Crippen molar-refractivity contribution in [2.45, 2.75) is 44.0 Å². The van der Waals surface area contributed by atoms with Gasteiger partial charge in [0.15, 0.2) is 11.0 Å². The number of halogens is 1. The minimum atomic E-state index is -3.65. The van der Waals surface area contributed by atoms with Gasteiger partial charge in [-0.1, -0.05) is 23.2 Å². The molecule has 0 amide bonds. The summed E-state index contributed by atoms with van der Waals surface area (Å²) < 4.78 is 37.3. The summed E-state index contributed by atoms with van der Waals surface area (Å²) in [6, 6.07) is 0. The van der Waals surface area contributed by atoms with Crippen LogP contribution in [0.1, 0.15) is 32.1 Å². The van der Waals surface area contributed by atoms with Gasteiger partial charge < -0.3 is 9.47 Å². The average Bonchev–Trinajstić information content (AvgIpc) is 2.70. The van der Waals surface area contributed by atoms with Gasteiger partial charge in [0.1, 0.15) is 6.10 Å². The lowest BCUT2D eigenvalue weighted by Gasteiger charge is -2.31. The smallest absolute Gasteiger partial charge is 0.325 e. The maximum Gasteiger partial charge on any atom is 0.325 e. The molecular weight excluding hydrogens is 282 g/mol. The Labute approximate surface area is 111 Å². The third kappa shape index (κ3) is 3.57. The van der Waals surface area contributed by atoms with Gasteiger partial charge in [0, 0.05) is 12.8 Å². The molecule has 0 aromatic heterocycles. The summed E-state index contributed by atoms with van der Waals surface area (Å²) >= 11 is 5.85. The number of ether oxygens (including phenoxy) is 2. The fourth-order valence-corrected chi connectivity index (χ4v) is 2.59. The Kier molecular flexibility index (Phi) is 4.15. The van der Waals surface area contributed by atoms with E-state index in [1.165, 1.54) is 6.42 Å². The molecule has 0 radical (unpaired) electrons. The van der Waals surface area contributed by atoms with Crippen LogP contribution in [-0.4, -0.2) is 38.3 Å². The lowest BCUT2D eigenvalue weighted by atomic mass is 9.94. The second-order valence-corrected chi connectivity index (χ2v) is 6.53. The van der Waals surface area contributed by atoms with E-state index in [4.69, 9.17) is 21.1 Å². The summed E-state index contributed by atoms with van der Waals surface area (Å²) in [5, 5.41) is 3.31. The van der Waals surface area contributed by atoms with Crippen LogP contribution in [0.15, 0.2) is 5.16 Å². The minimum absolute atomic E-state index is 0.0390. The summed E-state index contributed by atoms with van der Waals surface area (Å²) in [5.74, 6) is -0.566. The van der Waals surface area contributed by atoms with E-state index in [1.807, 2.05) is 0 Å². The molecular formula is C10H16ClNO5S. The highest BCUT2D eigenvalue weighted by molar-refractivity contribution is 7.85. The zero-order valence-electron chi connectivity index (χ0n) is 10.1. The highest BCUT2D eigenvalue weighted by Gasteiger charge is 2.43. The van der Waals surface area contributed by atoms with E-state index in [9.17, 15) is 8.42 Å². The molecule has 1 aliphatic heterocycles. The van der Waals surface area contributed by atoms with Crippen LogP contribution in [0.4, 0.5) is 0 Å². The topological polar surface area (TPSA) is 74.2 Å². The summed E-state index contributed by atoms with van der Waals surface area (Å²) in [6.45, 7) is 0.273. The van der Waals surface area contributed by atoms with E-state index in [2.05, 4.69) is 9.44 Å². The summed E-state index contributed by atoms with van der Waals surface area (Å²) in [5.41, 5.74) is 0.